The van der Waals surface area contributed by atoms with Gasteiger partial charge < -0.3 is 10.6 Å². The molecule has 9 heteroatoms. The number of hydrogen-bond acceptors (Lipinski definition) is 6. The Morgan fingerprint density at radius 2 is 1.89 bits per heavy atom. The van der Waals surface area contributed by atoms with E-state index in [-0.39, 0.29) is 6.03 Å². The lowest BCUT2D eigenvalue weighted by atomic mass is 10.1. The van der Waals surface area contributed by atoms with Crippen LogP contribution in [0.15, 0.2) is 73.2 Å². The Balaban J connectivity index is 1.33. The SMILES string of the molecule is Cc1ccc(NC(=O)N(C)c2ccc3c(C)n(C)nc3c2)cc1Nc1nccc(-c2cccnc2)n1. The molecule has 0 atom stereocenters. The average Bonchev–Trinajstić information content (AvgIpc) is 3.18. The maximum Gasteiger partial charge on any atom is 0.326 e. The molecule has 0 saturated heterocycles. The van der Waals surface area contributed by atoms with E-state index in [1.54, 1.807) is 30.5 Å². The second kappa shape index (κ2) is 9.46. The van der Waals surface area contributed by atoms with Crippen LogP contribution in [0.2, 0.25) is 0 Å². The molecule has 0 spiro atoms. The van der Waals surface area contributed by atoms with E-state index >= 15 is 0 Å². The van der Waals surface area contributed by atoms with Gasteiger partial charge >= 0.3 is 6.03 Å². The van der Waals surface area contributed by atoms with Gasteiger partial charge in [0.05, 0.1) is 11.2 Å². The van der Waals surface area contributed by atoms with Crippen LogP contribution in [0.5, 0.6) is 0 Å². The third-order valence-corrected chi connectivity index (χ3v) is 6.15. The van der Waals surface area contributed by atoms with Gasteiger partial charge in [0.2, 0.25) is 5.95 Å². The van der Waals surface area contributed by atoms with E-state index in [4.69, 9.17) is 0 Å². The van der Waals surface area contributed by atoms with Gasteiger partial charge in [-0.05, 0) is 67.9 Å². The Hall–Kier alpha value is -4.79. The van der Waals surface area contributed by atoms with Gasteiger partial charge in [-0.3, -0.25) is 14.6 Å². The molecule has 0 bridgehead atoms. The molecule has 0 aliphatic heterocycles. The van der Waals surface area contributed by atoms with Gasteiger partial charge in [0.1, 0.15) is 0 Å². The topological polar surface area (TPSA) is 101 Å². The Morgan fingerprint density at radius 3 is 2.69 bits per heavy atom. The molecule has 0 unspecified atom stereocenters. The van der Waals surface area contributed by atoms with E-state index in [0.717, 1.165) is 44.8 Å². The zero-order chi connectivity index (χ0) is 25.2. The van der Waals surface area contributed by atoms with Gasteiger partial charge in [-0.25, -0.2) is 14.8 Å². The quantitative estimate of drug-likeness (QED) is 0.348. The first-order valence-corrected chi connectivity index (χ1v) is 11.5. The highest BCUT2D eigenvalue weighted by atomic mass is 16.2. The number of pyridine rings is 1. The maximum atomic E-state index is 13.0. The molecule has 36 heavy (non-hydrogen) atoms. The maximum absolute atomic E-state index is 13.0. The van der Waals surface area contributed by atoms with Crippen molar-refractivity contribution in [2.45, 2.75) is 13.8 Å². The summed E-state index contributed by atoms with van der Waals surface area (Å²) in [6.45, 7) is 4.00. The van der Waals surface area contributed by atoms with Crippen LogP contribution in [0.1, 0.15) is 11.3 Å². The van der Waals surface area contributed by atoms with Crippen LogP contribution in [-0.2, 0) is 7.05 Å². The van der Waals surface area contributed by atoms with Crippen LogP contribution in [0.25, 0.3) is 22.2 Å². The summed E-state index contributed by atoms with van der Waals surface area (Å²) in [6.07, 6.45) is 5.19. The predicted molar refractivity (Wildman–Crippen MR) is 143 cm³/mol. The second-order valence-corrected chi connectivity index (χ2v) is 8.56. The van der Waals surface area contributed by atoms with Crippen LogP contribution in [0.4, 0.5) is 27.8 Å². The van der Waals surface area contributed by atoms with Gasteiger partial charge in [0.15, 0.2) is 0 Å². The Morgan fingerprint density at radius 1 is 1.03 bits per heavy atom. The first kappa shape index (κ1) is 23.0. The minimum atomic E-state index is -0.258. The van der Waals surface area contributed by atoms with Crippen LogP contribution < -0.4 is 15.5 Å². The first-order valence-electron chi connectivity index (χ1n) is 11.5. The number of anilines is 4. The Bertz CT molecular complexity index is 1560. The lowest BCUT2D eigenvalue weighted by Gasteiger charge is -2.19. The number of benzene rings is 2. The van der Waals surface area contributed by atoms with Crippen molar-refractivity contribution in [1.29, 1.82) is 0 Å². The predicted octanol–water partition coefficient (Wildman–Crippen LogP) is 5.45. The smallest absolute Gasteiger partial charge is 0.324 e. The highest BCUT2D eigenvalue weighted by Crippen LogP contribution is 2.26. The summed E-state index contributed by atoms with van der Waals surface area (Å²) in [5, 5.41) is 11.8. The number of aryl methyl sites for hydroxylation is 3. The zero-order valence-electron chi connectivity index (χ0n) is 20.5. The molecule has 2 N–H and O–H groups in total. The lowest BCUT2D eigenvalue weighted by Crippen LogP contribution is -2.31. The molecule has 0 aliphatic rings. The van der Waals surface area contributed by atoms with Crippen LogP contribution in [0.3, 0.4) is 0 Å². The van der Waals surface area contributed by atoms with Crippen LogP contribution in [-0.4, -0.2) is 37.8 Å². The molecule has 0 radical (unpaired) electrons. The fraction of sp³-hybridized carbons (Fsp3) is 0.148. The van der Waals surface area contributed by atoms with Crippen molar-refractivity contribution >= 4 is 39.9 Å². The number of aromatic nitrogens is 5. The minimum absolute atomic E-state index is 0.258. The number of nitrogens with zero attached hydrogens (tertiary/aromatic N) is 6. The number of carbonyl (C=O) groups excluding carboxylic acids is 1. The van der Waals surface area contributed by atoms with E-state index in [0.29, 0.717) is 11.6 Å². The average molecular weight is 479 g/mol. The molecule has 180 valence electrons. The normalized spacial score (nSPS) is 10.9. The third-order valence-electron chi connectivity index (χ3n) is 6.15. The molecule has 0 fully saturated rings. The highest BCUT2D eigenvalue weighted by Gasteiger charge is 2.14. The van der Waals surface area contributed by atoms with Crippen LogP contribution >= 0.6 is 0 Å². The van der Waals surface area contributed by atoms with Crippen molar-refractivity contribution in [2.24, 2.45) is 7.05 Å². The van der Waals surface area contributed by atoms with E-state index in [1.165, 1.54) is 0 Å². The van der Waals surface area contributed by atoms with Gasteiger partial charge in [-0.15, -0.1) is 0 Å². The minimum Gasteiger partial charge on any atom is -0.324 e. The lowest BCUT2D eigenvalue weighted by molar-refractivity contribution is 0.258. The molecule has 2 aromatic carbocycles. The first-order chi connectivity index (χ1) is 17.4. The summed E-state index contributed by atoms with van der Waals surface area (Å²) >= 11 is 0. The largest absolute Gasteiger partial charge is 0.326 e. The van der Waals surface area contributed by atoms with Crippen LogP contribution in [0, 0.1) is 13.8 Å². The number of carbonyl (C=O) groups is 1. The Labute approximate surface area is 208 Å². The van der Waals surface area contributed by atoms with E-state index in [1.807, 2.05) is 80.2 Å². The number of nitrogens with one attached hydrogen (secondary N) is 2. The number of amides is 2. The fourth-order valence-corrected chi connectivity index (χ4v) is 3.90. The summed E-state index contributed by atoms with van der Waals surface area (Å²) < 4.78 is 1.84. The van der Waals surface area contributed by atoms with Crippen molar-refractivity contribution in [3.63, 3.8) is 0 Å². The van der Waals surface area contributed by atoms with Gasteiger partial charge in [-0.2, -0.15) is 5.10 Å². The van der Waals surface area contributed by atoms with Crippen molar-refractivity contribution < 1.29 is 4.79 Å². The van der Waals surface area contributed by atoms with Gasteiger partial charge in [-0.1, -0.05) is 6.07 Å². The molecular weight excluding hydrogens is 452 g/mol. The molecule has 0 saturated carbocycles. The van der Waals surface area contributed by atoms with Gasteiger partial charge in [0.25, 0.3) is 0 Å². The molecule has 5 rings (SSSR count). The number of rotatable bonds is 5. The highest BCUT2D eigenvalue weighted by molar-refractivity contribution is 6.02. The van der Waals surface area contributed by atoms with Gasteiger partial charge in [0, 0.05) is 66.4 Å². The van der Waals surface area contributed by atoms with E-state index < -0.39 is 0 Å². The summed E-state index contributed by atoms with van der Waals surface area (Å²) in [5.74, 6) is 0.457. The van der Waals surface area contributed by atoms with Crippen molar-refractivity contribution in [3.05, 3.63) is 84.4 Å². The zero-order valence-corrected chi connectivity index (χ0v) is 20.5. The molecule has 5 aromatic rings. The van der Waals surface area contributed by atoms with E-state index in [2.05, 4.69) is 30.7 Å². The monoisotopic (exact) mass is 478 g/mol. The number of urea groups is 1. The molecular formula is C27H26N8O. The van der Waals surface area contributed by atoms with Crippen molar-refractivity contribution in [2.75, 3.05) is 22.6 Å². The third kappa shape index (κ3) is 4.58. The molecule has 2 amide bonds. The summed E-state index contributed by atoms with van der Waals surface area (Å²) in [5.41, 5.74) is 6.80. The summed E-state index contributed by atoms with van der Waals surface area (Å²) in [6, 6.07) is 16.9. The van der Waals surface area contributed by atoms with Crippen molar-refractivity contribution in [3.8, 4) is 11.3 Å². The molecule has 3 heterocycles. The number of fused-ring (bicyclic) bond motifs is 1. The molecule has 9 nitrogen and oxygen atoms in total. The van der Waals surface area contributed by atoms with E-state index in [9.17, 15) is 4.79 Å². The summed E-state index contributed by atoms with van der Waals surface area (Å²) in [4.78, 5) is 27.7. The molecule has 3 aromatic heterocycles. The fourth-order valence-electron chi connectivity index (χ4n) is 3.90. The number of hydrogen-bond donors (Lipinski definition) is 2. The van der Waals surface area contributed by atoms with Crippen molar-refractivity contribution in [1.82, 2.24) is 24.7 Å². The second-order valence-electron chi connectivity index (χ2n) is 8.56. The standard InChI is InChI=1S/C27H26N8O/c1-17-7-8-20(14-24(17)32-26-29-13-11-23(31-26)19-6-5-12-28-16-19)30-27(36)34(3)21-9-10-22-18(2)35(4)33-25(22)15-21/h5-16H,1-4H3,(H,30,36)(H,29,31,32). The molecule has 0 aliphatic carbocycles. The summed E-state index contributed by atoms with van der Waals surface area (Å²) in [7, 11) is 3.64. The Kier molecular flexibility index (Phi) is 6.03.